The van der Waals surface area contributed by atoms with Gasteiger partial charge in [0, 0.05) is 5.56 Å². The van der Waals surface area contributed by atoms with E-state index in [1.807, 2.05) is 24.3 Å². The van der Waals surface area contributed by atoms with Gasteiger partial charge in [0.2, 0.25) is 5.82 Å². The molecule has 1 aliphatic rings. The lowest BCUT2D eigenvalue weighted by atomic mass is 9.78. The van der Waals surface area contributed by atoms with Crippen LogP contribution < -0.4 is 9.47 Å². The monoisotopic (exact) mass is 532 g/mol. The lowest BCUT2D eigenvalue weighted by Crippen LogP contribution is -2.16. The fourth-order valence-electron chi connectivity index (χ4n) is 5.21. The summed E-state index contributed by atoms with van der Waals surface area (Å²) < 4.78 is 75.5. The molecule has 38 heavy (non-hydrogen) atoms. The Hall–Kier alpha value is -3.09. The Labute approximate surface area is 220 Å². The van der Waals surface area contributed by atoms with Gasteiger partial charge in [-0.15, -0.1) is 13.2 Å². The number of unbranched alkanes of at least 4 members (excludes halogenated alkanes) is 1. The summed E-state index contributed by atoms with van der Waals surface area (Å²) in [5.41, 5.74) is 2.18. The van der Waals surface area contributed by atoms with E-state index in [2.05, 4.69) is 11.7 Å². The van der Waals surface area contributed by atoms with E-state index in [4.69, 9.17) is 4.74 Å². The molecule has 0 aromatic heterocycles. The van der Waals surface area contributed by atoms with E-state index >= 15 is 0 Å². The number of hydrogen-bond acceptors (Lipinski definition) is 2. The second kappa shape index (κ2) is 12.6. The van der Waals surface area contributed by atoms with Gasteiger partial charge in [-0.1, -0.05) is 76.1 Å². The Bertz CT molecular complexity index is 1160. The third kappa shape index (κ3) is 7.71. The van der Waals surface area contributed by atoms with Crippen LogP contribution in [0.3, 0.4) is 0 Å². The van der Waals surface area contributed by atoms with Gasteiger partial charge in [0.1, 0.15) is 11.5 Å². The van der Waals surface area contributed by atoms with Crippen molar-refractivity contribution in [2.45, 2.75) is 71.1 Å². The molecule has 1 fully saturated rings. The summed E-state index contributed by atoms with van der Waals surface area (Å²) in [6.07, 6.45) is 6.50. The van der Waals surface area contributed by atoms with Crippen LogP contribution in [0.15, 0.2) is 60.7 Å². The Morgan fingerprint density at radius 2 is 1.37 bits per heavy atom. The quantitative estimate of drug-likeness (QED) is 0.242. The van der Waals surface area contributed by atoms with Crippen LogP contribution in [-0.2, 0) is 6.42 Å². The Balaban J connectivity index is 1.41. The van der Waals surface area contributed by atoms with Crippen molar-refractivity contribution in [3.63, 3.8) is 0 Å². The number of rotatable bonds is 10. The minimum Gasteiger partial charge on any atom is -0.454 e. The maximum Gasteiger partial charge on any atom is 0.573 e. The summed E-state index contributed by atoms with van der Waals surface area (Å²) in [7, 11) is 0. The number of hydrogen-bond donors (Lipinski definition) is 0. The van der Waals surface area contributed by atoms with Crippen molar-refractivity contribution in [2.24, 2.45) is 11.8 Å². The maximum absolute atomic E-state index is 14.8. The second-order valence-corrected chi connectivity index (χ2v) is 10.1. The van der Waals surface area contributed by atoms with Gasteiger partial charge < -0.3 is 9.47 Å². The summed E-state index contributed by atoms with van der Waals surface area (Å²) in [5, 5.41) is 0. The van der Waals surface area contributed by atoms with Crippen LogP contribution in [0, 0.1) is 23.5 Å². The highest BCUT2D eigenvalue weighted by Crippen LogP contribution is 2.38. The number of ether oxygens (including phenoxy) is 2. The second-order valence-electron chi connectivity index (χ2n) is 10.1. The number of benzene rings is 3. The first kappa shape index (κ1) is 27.9. The normalized spacial score (nSPS) is 17.8. The van der Waals surface area contributed by atoms with Gasteiger partial charge in [0.05, 0.1) is 0 Å². The molecule has 4 rings (SSSR count). The number of aryl methyl sites for hydroxylation is 1. The highest BCUT2D eigenvalue weighted by Gasteiger charge is 2.31. The minimum atomic E-state index is -4.83. The summed E-state index contributed by atoms with van der Waals surface area (Å²) in [6.45, 7) is 2.25. The summed E-state index contributed by atoms with van der Waals surface area (Å²) >= 11 is 0. The minimum absolute atomic E-state index is 0.0475. The van der Waals surface area contributed by atoms with Crippen LogP contribution in [0.1, 0.15) is 63.9 Å². The molecule has 0 amide bonds. The van der Waals surface area contributed by atoms with Crippen molar-refractivity contribution in [1.82, 2.24) is 0 Å². The van der Waals surface area contributed by atoms with E-state index in [-0.39, 0.29) is 11.5 Å². The van der Waals surface area contributed by atoms with Crippen molar-refractivity contribution in [3.05, 3.63) is 77.9 Å². The van der Waals surface area contributed by atoms with Gasteiger partial charge in [-0.3, -0.25) is 0 Å². The third-order valence-electron chi connectivity index (χ3n) is 7.37. The summed E-state index contributed by atoms with van der Waals surface area (Å²) in [5.74, 6) is -1.33. The van der Waals surface area contributed by atoms with Crippen LogP contribution in [0.2, 0.25) is 0 Å². The largest absolute Gasteiger partial charge is 0.573 e. The lowest BCUT2D eigenvalue weighted by Gasteiger charge is -2.28. The van der Waals surface area contributed by atoms with Gasteiger partial charge in [0.25, 0.3) is 0 Å². The molecule has 0 radical (unpaired) electrons. The molecule has 0 heterocycles. The van der Waals surface area contributed by atoms with Gasteiger partial charge >= 0.3 is 6.36 Å². The Morgan fingerprint density at radius 3 is 1.97 bits per heavy atom. The predicted octanol–water partition coefficient (Wildman–Crippen LogP) is 10.3. The Kier molecular flexibility index (Phi) is 9.29. The molecular weight excluding hydrogens is 499 g/mol. The van der Waals surface area contributed by atoms with Crippen LogP contribution in [-0.4, -0.2) is 6.36 Å². The molecule has 2 nitrogen and oxygen atoms in total. The molecule has 0 spiro atoms. The van der Waals surface area contributed by atoms with E-state index in [0.717, 1.165) is 42.9 Å². The zero-order valence-electron chi connectivity index (χ0n) is 21.5. The van der Waals surface area contributed by atoms with Gasteiger partial charge in [0.15, 0.2) is 11.6 Å². The van der Waals surface area contributed by atoms with E-state index in [9.17, 15) is 22.0 Å². The topological polar surface area (TPSA) is 18.5 Å². The molecule has 3 aromatic rings. The van der Waals surface area contributed by atoms with Crippen LogP contribution >= 0.6 is 0 Å². The van der Waals surface area contributed by atoms with Gasteiger partial charge in [-0.25, -0.2) is 4.39 Å². The highest BCUT2D eigenvalue weighted by atomic mass is 19.4. The van der Waals surface area contributed by atoms with E-state index in [0.29, 0.717) is 11.1 Å². The van der Waals surface area contributed by atoms with Crippen molar-refractivity contribution in [3.8, 4) is 28.4 Å². The molecule has 0 aliphatic heterocycles. The van der Waals surface area contributed by atoms with E-state index in [1.54, 1.807) is 0 Å². The fraction of sp³-hybridized carbons (Fsp3) is 0.419. The van der Waals surface area contributed by atoms with Crippen molar-refractivity contribution in [2.75, 3.05) is 0 Å². The van der Waals surface area contributed by atoms with Crippen molar-refractivity contribution >= 4 is 0 Å². The molecule has 0 saturated heterocycles. The molecule has 0 unspecified atom stereocenters. The van der Waals surface area contributed by atoms with Gasteiger partial charge in [-0.2, -0.15) is 4.39 Å². The SMILES string of the molecule is CCCCC1CCC(CCc2ccc(-c3ccc(F)c(F)c3Oc3ccc(OC(F)(F)F)cc3)cc2)CC1. The van der Waals surface area contributed by atoms with Gasteiger partial charge in [-0.05, 0) is 72.2 Å². The third-order valence-corrected chi connectivity index (χ3v) is 7.37. The number of halogens is 5. The summed E-state index contributed by atoms with van der Waals surface area (Å²) in [6, 6.07) is 14.7. The zero-order valence-corrected chi connectivity index (χ0v) is 21.5. The molecule has 0 N–H and O–H groups in total. The summed E-state index contributed by atoms with van der Waals surface area (Å²) in [4.78, 5) is 0. The van der Waals surface area contributed by atoms with Crippen LogP contribution in [0.25, 0.3) is 11.1 Å². The smallest absolute Gasteiger partial charge is 0.454 e. The molecule has 1 saturated carbocycles. The first-order valence-corrected chi connectivity index (χ1v) is 13.3. The molecule has 204 valence electrons. The fourth-order valence-corrected chi connectivity index (χ4v) is 5.21. The standard InChI is InChI=1S/C31H33F5O2/c1-2-3-4-21-5-7-22(8-6-21)9-10-23-11-13-24(14-12-23)27-19-20-28(32)29(33)30(27)37-25-15-17-26(18-16-25)38-31(34,35)36/h11-22H,2-10H2,1H3. The van der Waals surface area contributed by atoms with E-state index in [1.165, 1.54) is 68.7 Å². The average Bonchev–Trinajstić information content (AvgIpc) is 2.90. The van der Waals surface area contributed by atoms with Crippen LogP contribution in [0.5, 0.6) is 17.2 Å². The Morgan fingerprint density at radius 1 is 0.763 bits per heavy atom. The van der Waals surface area contributed by atoms with E-state index < -0.39 is 23.7 Å². The van der Waals surface area contributed by atoms with Crippen molar-refractivity contribution in [1.29, 1.82) is 0 Å². The number of alkyl halides is 3. The molecule has 7 heteroatoms. The first-order chi connectivity index (χ1) is 18.2. The molecule has 0 bridgehead atoms. The first-order valence-electron chi connectivity index (χ1n) is 13.3. The molecule has 0 atom stereocenters. The maximum atomic E-state index is 14.8. The lowest BCUT2D eigenvalue weighted by molar-refractivity contribution is -0.274. The molecule has 3 aromatic carbocycles. The highest BCUT2D eigenvalue weighted by molar-refractivity contribution is 5.71. The molecule has 1 aliphatic carbocycles. The molecular formula is C31H33F5O2. The predicted molar refractivity (Wildman–Crippen MR) is 138 cm³/mol. The zero-order chi connectivity index (χ0) is 27.1. The average molecular weight is 533 g/mol. The van der Waals surface area contributed by atoms with Crippen LogP contribution in [0.4, 0.5) is 22.0 Å². The van der Waals surface area contributed by atoms with Crippen molar-refractivity contribution < 1.29 is 31.4 Å².